The average molecular weight is 320 g/mol. The van der Waals surface area contributed by atoms with E-state index < -0.39 is 0 Å². The van der Waals surface area contributed by atoms with Crippen molar-refractivity contribution in [2.24, 2.45) is 5.92 Å². The van der Waals surface area contributed by atoms with Crippen molar-refractivity contribution in [1.82, 2.24) is 10.6 Å². The maximum Gasteiger partial charge on any atom is 0.236 e. The second-order valence-corrected chi connectivity index (χ2v) is 7.77. The predicted molar refractivity (Wildman–Crippen MR) is 88.9 cm³/mol. The van der Waals surface area contributed by atoms with Gasteiger partial charge in [-0.15, -0.1) is 11.8 Å². The molecule has 2 atom stereocenters. The minimum Gasteiger partial charge on any atom is -0.391 e. The lowest BCUT2D eigenvalue weighted by Crippen LogP contribution is -2.45. The Hall–Kier alpha value is -1.04. The molecule has 22 heavy (non-hydrogen) atoms. The van der Waals surface area contributed by atoms with Gasteiger partial charge in [0, 0.05) is 30.4 Å². The lowest BCUT2D eigenvalue weighted by atomic mass is 10.0. The third-order valence-electron chi connectivity index (χ3n) is 4.71. The van der Waals surface area contributed by atoms with Crippen LogP contribution in [-0.2, 0) is 4.79 Å². The van der Waals surface area contributed by atoms with E-state index in [-0.39, 0.29) is 22.7 Å². The van der Waals surface area contributed by atoms with Gasteiger partial charge in [-0.1, -0.05) is 31.0 Å². The number of hydrogen-bond acceptors (Lipinski definition) is 4. The topological polar surface area (TPSA) is 61.4 Å². The average Bonchev–Trinajstić information content (AvgIpc) is 3.16. The van der Waals surface area contributed by atoms with Gasteiger partial charge < -0.3 is 15.7 Å². The number of amides is 1. The van der Waals surface area contributed by atoms with Crippen molar-refractivity contribution in [2.45, 2.75) is 41.4 Å². The highest BCUT2D eigenvalue weighted by atomic mass is 32.2. The summed E-state index contributed by atoms with van der Waals surface area (Å²) < 4.78 is -0.335. The molecule has 1 aromatic rings. The van der Waals surface area contributed by atoms with Gasteiger partial charge in [0.2, 0.25) is 5.91 Å². The Bertz CT molecular complexity index is 503. The van der Waals surface area contributed by atoms with E-state index in [1.165, 1.54) is 0 Å². The minimum atomic E-state index is -0.346. The highest BCUT2D eigenvalue weighted by Crippen LogP contribution is 2.45. The van der Waals surface area contributed by atoms with E-state index in [4.69, 9.17) is 0 Å². The first-order valence-electron chi connectivity index (χ1n) is 8.11. The molecule has 3 rings (SSSR count). The van der Waals surface area contributed by atoms with Gasteiger partial charge in [-0.25, -0.2) is 0 Å². The van der Waals surface area contributed by atoms with E-state index >= 15 is 0 Å². The van der Waals surface area contributed by atoms with Gasteiger partial charge in [-0.2, -0.15) is 0 Å². The number of nitrogens with one attached hydrogen (secondary N) is 2. The summed E-state index contributed by atoms with van der Waals surface area (Å²) in [4.78, 5) is 14.0. The zero-order valence-electron chi connectivity index (χ0n) is 12.8. The first-order valence-corrected chi connectivity index (χ1v) is 8.92. The fourth-order valence-electron chi connectivity index (χ4n) is 3.35. The van der Waals surface area contributed by atoms with E-state index in [1.807, 2.05) is 18.2 Å². The van der Waals surface area contributed by atoms with Crippen LogP contribution in [0.25, 0.3) is 0 Å². The number of thioether (sulfide) groups is 1. The lowest BCUT2D eigenvalue weighted by molar-refractivity contribution is -0.123. The second kappa shape index (κ2) is 7.02. The Kier molecular flexibility index (Phi) is 5.06. The summed E-state index contributed by atoms with van der Waals surface area (Å²) >= 11 is 1.70. The van der Waals surface area contributed by atoms with E-state index in [2.05, 4.69) is 22.8 Å². The van der Waals surface area contributed by atoms with Crippen molar-refractivity contribution < 1.29 is 9.90 Å². The normalized spacial score (nSPS) is 27.0. The second-order valence-electron chi connectivity index (χ2n) is 6.31. The molecule has 120 valence electrons. The zero-order valence-corrected chi connectivity index (χ0v) is 13.6. The zero-order chi connectivity index (χ0) is 15.4. The van der Waals surface area contributed by atoms with E-state index in [0.29, 0.717) is 13.1 Å². The highest BCUT2D eigenvalue weighted by molar-refractivity contribution is 8.01. The van der Waals surface area contributed by atoms with E-state index in [9.17, 15) is 9.90 Å². The monoisotopic (exact) mass is 320 g/mol. The summed E-state index contributed by atoms with van der Waals surface area (Å²) in [5, 5.41) is 16.1. The summed E-state index contributed by atoms with van der Waals surface area (Å²) in [5.41, 5.74) is 0. The molecule has 1 saturated carbocycles. The Balaban J connectivity index is 1.63. The number of carbonyl (C=O) groups excluding carboxylic acids is 1. The fourth-order valence-corrected chi connectivity index (χ4v) is 4.75. The molecule has 1 aliphatic heterocycles. The van der Waals surface area contributed by atoms with Gasteiger partial charge in [0.1, 0.15) is 0 Å². The van der Waals surface area contributed by atoms with Gasteiger partial charge in [-0.3, -0.25) is 4.79 Å². The van der Waals surface area contributed by atoms with Crippen LogP contribution >= 0.6 is 11.8 Å². The van der Waals surface area contributed by atoms with Crippen LogP contribution in [0.15, 0.2) is 35.2 Å². The van der Waals surface area contributed by atoms with Crippen LogP contribution in [0.1, 0.15) is 25.7 Å². The van der Waals surface area contributed by atoms with Crippen LogP contribution in [0.5, 0.6) is 0 Å². The highest BCUT2D eigenvalue weighted by Gasteiger charge is 2.42. The number of carbonyl (C=O) groups is 1. The van der Waals surface area contributed by atoms with Gasteiger partial charge in [0.25, 0.3) is 0 Å². The molecule has 1 aliphatic carbocycles. The number of rotatable bonds is 5. The largest absolute Gasteiger partial charge is 0.391 e. The van der Waals surface area contributed by atoms with Gasteiger partial charge in [0.05, 0.1) is 10.9 Å². The van der Waals surface area contributed by atoms with Gasteiger partial charge >= 0.3 is 0 Å². The molecule has 0 bridgehead atoms. The molecule has 0 radical (unpaired) electrons. The summed E-state index contributed by atoms with van der Waals surface area (Å²) in [7, 11) is 0. The lowest BCUT2D eigenvalue weighted by Gasteiger charge is -2.28. The van der Waals surface area contributed by atoms with E-state index in [0.717, 1.165) is 37.1 Å². The third-order valence-corrected chi connectivity index (χ3v) is 6.20. The van der Waals surface area contributed by atoms with Crippen molar-refractivity contribution in [2.75, 3.05) is 19.6 Å². The third kappa shape index (κ3) is 3.47. The molecular weight excluding hydrogens is 296 g/mol. The first-order chi connectivity index (χ1) is 10.7. The molecule has 1 heterocycles. The van der Waals surface area contributed by atoms with Crippen LogP contribution in [0.4, 0.5) is 0 Å². The SMILES string of the molecule is O=C(NCC1CNCC1O)C1(Sc2ccccc2)CCCC1. The maximum atomic E-state index is 12.8. The molecule has 3 N–H and O–H groups in total. The standard InChI is InChI=1S/C17H24N2O2S/c20-15-12-18-10-13(15)11-19-16(21)17(8-4-5-9-17)22-14-6-2-1-3-7-14/h1-3,6-7,13,15,18,20H,4-5,8-12H2,(H,19,21). The molecule has 0 spiro atoms. The molecule has 2 fully saturated rings. The Morgan fingerprint density at radius 3 is 2.64 bits per heavy atom. The number of hydrogen-bond donors (Lipinski definition) is 3. The summed E-state index contributed by atoms with van der Waals surface area (Å²) in [6.45, 7) is 1.97. The van der Waals surface area contributed by atoms with Crippen LogP contribution in [0.3, 0.4) is 0 Å². The fraction of sp³-hybridized carbons (Fsp3) is 0.588. The molecule has 1 saturated heterocycles. The molecular formula is C17H24N2O2S. The number of aliphatic hydroxyl groups is 1. The first kappa shape index (κ1) is 15.8. The molecule has 2 aliphatic rings. The van der Waals surface area contributed by atoms with Gasteiger partial charge in [-0.05, 0) is 25.0 Å². The Morgan fingerprint density at radius 2 is 2.00 bits per heavy atom. The summed E-state index contributed by atoms with van der Waals surface area (Å²) in [6.07, 6.45) is 3.75. The van der Waals surface area contributed by atoms with Crippen LogP contribution in [0, 0.1) is 5.92 Å². The number of benzene rings is 1. The van der Waals surface area contributed by atoms with Crippen molar-refractivity contribution in [3.63, 3.8) is 0 Å². The Morgan fingerprint density at radius 1 is 1.27 bits per heavy atom. The summed E-state index contributed by atoms with van der Waals surface area (Å²) in [6, 6.07) is 10.2. The van der Waals surface area contributed by atoms with Crippen molar-refractivity contribution in [1.29, 1.82) is 0 Å². The quantitative estimate of drug-likeness (QED) is 0.774. The minimum absolute atomic E-state index is 0.129. The molecule has 2 unspecified atom stereocenters. The maximum absolute atomic E-state index is 12.8. The van der Waals surface area contributed by atoms with Crippen LogP contribution in [0.2, 0.25) is 0 Å². The molecule has 1 amide bonds. The number of aliphatic hydroxyl groups excluding tert-OH is 1. The Labute approximate surface area is 136 Å². The molecule has 1 aromatic carbocycles. The van der Waals surface area contributed by atoms with Crippen LogP contribution in [-0.4, -0.2) is 41.5 Å². The van der Waals surface area contributed by atoms with Crippen molar-refractivity contribution in [3.05, 3.63) is 30.3 Å². The molecule has 0 aromatic heterocycles. The smallest absolute Gasteiger partial charge is 0.236 e. The summed E-state index contributed by atoms with van der Waals surface area (Å²) in [5.74, 6) is 0.266. The molecule has 4 nitrogen and oxygen atoms in total. The predicted octanol–water partition coefficient (Wildman–Crippen LogP) is 1.79. The van der Waals surface area contributed by atoms with E-state index in [1.54, 1.807) is 11.8 Å². The van der Waals surface area contributed by atoms with Gasteiger partial charge in [0.15, 0.2) is 0 Å². The number of β-amino-alcohol motifs (C(OH)–C–C–N with tert-alkyl or cyclic N) is 1. The van der Waals surface area contributed by atoms with Crippen molar-refractivity contribution >= 4 is 17.7 Å². The van der Waals surface area contributed by atoms with Crippen LogP contribution < -0.4 is 10.6 Å². The molecule has 5 heteroatoms. The van der Waals surface area contributed by atoms with Crippen molar-refractivity contribution in [3.8, 4) is 0 Å².